The molecule has 0 aliphatic heterocycles. The fraction of sp³-hybridized carbons (Fsp3) is 0.250. The Morgan fingerprint density at radius 3 is 2.79 bits per heavy atom. The second kappa shape index (κ2) is 6.56. The van der Waals surface area contributed by atoms with E-state index in [4.69, 9.17) is 9.47 Å². The first-order valence-corrected chi connectivity index (χ1v) is 7.98. The van der Waals surface area contributed by atoms with Gasteiger partial charge in [-0.2, -0.15) is 4.98 Å². The highest BCUT2D eigenvalue weighted by molar-refractivity contribution is 9.10. The van der Waals surface area contributed by atoms with E-state index in [0.29, 0.717) is 11.5 Å². The van der Waals surface area contributed by atoms with Gasteiger partial charge in [-0.3, -0.25) is 0 Å². The van der Waals surface area contributed by atoms with Crippen LogP contribution in [0.3, 0.4) is 0 Å². The molecule has 8 heteroatoms. The van der Waals surface area contributed by atoms with Gasteiger partial charge in [-0.05, 0) is 38.1 Å². The molecular weight excluding hydrogens is 376 g/mol. The summed E-state index contributed by atoms with van der Waals surface area (Å²) in [6.07, 6.45) is 0. The number of ether oxygens (including phenoxy) is 2. The zero-order valence-electron chi connectivity index (χ0n) is 13.4. The molecule has 0 N–H and O–H groups in total. The standard InChI is InChI=1S/C16H15BrN4O3/c1-9-6-10(2)21-16(18-9)19-14(20-21)15(22)24-8-11-7-12(17)4-5-13(11)23-3/h4-7H,8H2,1-3H3. The number of aryl methyl sites for hydroxylation is 2. The van der Waals surface area contributed by atoms with Gasteiger partial charge in [0.05, 0.1) is 7.11 Å². The number of rotatable bonds is 4. The molecule has 3 aromatic rings. The van der Waals surface area contributed by atoms with Gasteiger partial charge in [0.15, 0.2) is 0 Å². The number of fused-ring (bicyclic) bond motifs is 1. The Kier molecular flexibility index (Phi) is 4.48. The Bertz CT molecular complexity index is 923. The van der Waals surface area contributed by atoms with E-state index in [2.05, 4.69) is 31.0 Å². The average molecular weight is 391 g/mol. The number of carbonyl (C=O) groups excluding carboxylic acids is 1. The molecule has 124 valence electrons. The van der Waals surface area contributed by atoms with Gasteiger partial charge < -0.3 is 9.47 Å². The number of benzene rings is 1. The third kappa shape index (κ3) is 3.23. The molecule has 0 fully saturated rings. The first kappa shape index (κ1) is 16.4. The Balaban J connectivity index is 1.81. The number of hydrogen-bond donors (Lipinski definition) is 0. The van der Waals surface area contributed by atoms with Crippen LogP contribution in [0.25, 0.3) is 5.78 Å². The van der Waals surface area contributed by atoms with E-state index in [1.807, 2.05) is 32.0 Å². The molecule has 7 nitrogen and oxygen atoms in total. The molecule has 24 heavy (non-hydrogen) atoms. The number of carbonyl (C=O) groups is 1. The van der Waals surface area contributed by atoms with E-state index in [-0.39, 0.29) is 12.4 Å². The number of esters is 1. The van der Waals surface area contributed by atoms with Crippen LogP contribution in [0.15, 0.2) is 28.7 Å². The molecule has 0 bridgehead atoms. The number of methoxy groups -OCH3 is 1. The Morgan fingerprint density at radius 1 is 1.25 bits per heavy atom. The predicted molar refractivity (Wildman–Crippen MR) is 90.1 cm³/mol. The van der Waals surface area contributed by atoms with Crippen molar-refractivity contribution in [2.24, 2.45) is 0 Å². The first-order chi connectivity index (χ1) is 11.5. The van der Waals surface area contributed by atoms with Crippen molar-refractivity contribution in [2.75, 3.05) is 7.11 Å². The molecule has 0 aliphatic carbocycles. The molecule has 3 rings (SSSR count). The third-order valence-electron chi connectivity index (χ3n) is 3.40. The Morgan fingerprint density at radius 2 is 2.04 bits per heavy atom. The van der Waals surface area contributed by atoms with Crippen LogP contribution in [0.5, 0.6) is 5.75 Å². The van der Waals surface area contributed by atoms with E-state index in [1.165, 1.54) is 4.52 Å². The molecule has 0 atom stereocenters. The van der Waals surface area contributed by atoms with E-state index in [0.717, 1.165) is 21.4 Å². The van der Waals surface area contributed by atoms with Crippen molar-refractivity contribution in [1.29, 1.82) is 0 Å². The van der Waals surface area contributed by atoms with E-state index in [1.54, 1.807) is 13.2 Å². The van der Waals surface area contributed by atoms with Gasteiger partial charge in [-0.1, -0.05) is 15.9 Å². The van der Waals surface area contributed by atoms with Crippen LogP contribution in [-0.4, -0.2) is 32.7 Å². The summed E-state index contributed by atoms with van der Waals surface area (Å²) in [4.78, 5) is 20.6. The molecule has 0 aliphatic rings. The quantitative estimate of drug-likeness (QED) is 0.637. The highest BCUT2D eigenvalue weighted by Crippen LogP contribution is 2.23. The maximum atomic E-state index is 12.2. The summed E-state index contributed by atoms with van der Waals surface area (Å²) >= 11 is 3.38. The van der Waals surface area contributed by atoms with Crippen LogP contribution in [0.2, 0.25) is 0 Å². The summed E-state index contributed by atoms with van der Waals surface area (Å²) in [6, 6.07) is 7.35. The highest BCUT2D eigenvalue weighted by atomic mass is 79.9. The smallest absolute Gasteiger partial charge is 0.378 e. The Labute approximate surface area is 146 Å². The molecule has 0 saturated carbocycles. The average Bonchev–Trinajstić information content (AvgIpc) is 2.97. The minimum absolute atomic E-state index is 0.0230. The molecule has 0 unspecified atom stereocenters. The monoisotopic (exact) mass is 390 g/mol. The lowest BCUT2D eigenvalue weighted by Crippen LogP contribution is -2.08. The molecule has 0 amide bonds. The van der Waals surface area contributed by atoms with Crippen molar-refractivity contribution in [3.63, 3.8) is 0 Å². The molecule has 0 radical (unpaired) electrons. The van der Waals surface area contributed by atoms with Gasteiger partial charge in [-0.15, -0.1) is 5.10 Å². The summed E-state index contributed by atoms with van der Waals surface area (Å²) in [5, 5.41) is 4.15. The van der Waals surface area contributed by atoms with Crippen molar-refractivity contribution in [3.05, 3.63) is 51.5 Å². The lowest BCUT2D eigenvalue weighted by Gasteiger charge is -2.08. The molecule has 2 aromatic heterocycles. The van der Waals surface area contributed by atoms with Gasteiger partial charge in [0, 0.05) is 21.4 Å². The van der Waals surface area contributed by atoms with Gasteiger partial charge >= 0.3 is 5.97 Å². The van der Waals surface area contributed by atoms with Gasteiger partial charge in [-0.25, -0.2) is 14.3 Å². The van der Waals surface area contributed by atoms with Crippen molar-refractivity contribution >= 4 is 27.7 Å². The normalized spacial score (nSPS) is 10.8. The topological polar surface area (TPSA) is 78.6 Å². The van der Waals surface area contributed by atoms with Crippen LogP contribution in [0.1, 0.15) is 27.6 Å². The minimum atomic E-state index is -0.611. The van der Waals surface area contributed by atoms with Crippen LogP contribution < -0.4 is 4.74 Å². The largest absolute Gasteiger partial charge is 0.496 e. The highest BCUT2D eigenvalue weighted by Gasteiger charge is 2.17. The molecule has 0 spiro atoms. The predicted octanol–water partition coefficient (Wildman–Crippen LogP) is 2.87. The van der Waals surface area contributed by atoms with Crippen LogP contribution in [0, 0.1) is 13.8 Å². The van der Waals surface area contributed by atoms with E-state index in [9.17, 15) is 4.79 Å². The summed E-state index contributed by atoms with van der Waals surface area (Å²) < 4.78 is 13.0. The zero-order chi connectivity index (χ0) is 17.3. The van der Waals surface area contributed by atoms with Crippen molar-refractivity contribution < 1.29 is 14.3 Å². The number of aromatic nitrogens is 4. The second-order valence-electron chi connectivity index (χ2n) is 5.22. The fourth-order valence-electron chi connectivity index (χ4n) is 2.32. The molecule has 0 saturated heterocycles. The lowest BCUT2D eigenvalue weighted by atomic mass is 10.2. The number of hydrogen-bond acceptors (Lipinski definition) is 6. The zero-order valence-corrected chi connectivity index (χ0v) is 15.0. The van der Waals surface area contributed by atoms with Crippen LogP contribution in [-0.2, 0) is 11.3 Å². The summed E-state index contributed by atoms with van der Waals surface area (Å²) in [6.45, 7) is 3.79. The van der Waals surface area contributed by atoms with Gasteiger partial charge in [0.1, 0.15) is 12.4 Å². The molecular formula is C16H15BrN4O3. The van der Waals surface area contributed by atoms with Gasteiger partial charge in [0.2, 0.25) is 0 Å². The van der Waals surface area contributed by atoms with Crippen LogP contribution >= 0.6 is 15.9 Å². The van der Waals surface area contributed by atoms with E-state index < -0.39 is 5.97 Å². The first-order valence-electron chi connectivity index (χ1n) is 7.18. The number of halogens is 1. The van der Waals surface area contributed by atoms with Crippen molar-refractivity contribution in [1.82, 2.24) is 19.6 Å². The Hall–Kier alpha value is -2.48. The summed E-state index contributed by atoms with van der Waals surface area (Å²) in [5.41, 5.74) is 2.40. The van der Waals surface area contributed by atoms with Gasteiger partial charge in [0.25, 0.3) is 11.6 Å². The van der Waals surface area contributed by atoms with Crippen molar-refractivity contribution in [2.45, 2.75) is 20.5 Å². The third-order valence-corrected chi connectivity index (χ3v) is 3.90. The summed E-state index contributed by atoms with van der Waals surface area (Å²) in [5.74, 6) is 0.381. The fourth-order valence-corrected chi connectivity index (χ4v) is 2.73. The maximum Gasteiger partial charge on any atom is 0.378 e. The second-order valence-corrected chi connectivity index (χ2v) is 6.13. The van der Waals surface area contributed by atoms with Crippen LogP contribution in [0.4, 0.5) is 0 Å². The molecule has 2 heterocycles. The lowest BCUT2D eigenvalue weighted by molar-refractivity contribution is 0.0456. The van der Waals surface area contributed by atoms with E-state index >= 15 is 0 Å². The minimum Gasteiger partial charge on any atom is -0.496 e. The SMILES string of the molecule is COc1ccc(Br)cc1COC(=O)c1nc2nc(C)cc(C)n2n1. The number of nitrogens with zero attached hydrogens (tertiary/aromatic N) is 4. The summed E-state index contributed by atoms with van der Waals surface area (Å²) in [7, 11) is 1.56. The molecule has 1 aromatic carbocycles. The maximum absolute atomic E-state index is 12.2. The van der Waals surface area contributed by atoms with Crippen molar-refractivity contribution in [3.8, 4) is 5.75 Å².